The van der Waals surface area contributed by atoms with Gasteiger partial charge in [-0.1, -0.05) is 0 Å². The van der Waals surface area contributed by atoms with Crippen LogP contribution in [0, 0.1) is 5.41 Å². The van der Waals surface area contributed by atoms with Gasteiger partial charge in [-0.15, -0.1) is 12.4 Å². The first-order valence-electron chi connectivity index (χ1n) is 5.09. The van der Waals surface area contributed by atoms with Gasteiger partial charge >= 0.3 is 5.97 Å². The molecular weight excluding hydrogens is 232 g/mol. The molecule has 1 saturated heterocycles. The highest BCUT2D eigenvalue weighted by molar-refractivity contribution is 5.87. The van der Waals surface area contributed by atoms with Crippen molar-refractivity contribution in [2.45, 2.75) is 26.3 Å². The molecule has 0 aliphatic carbocycles. The number of rotatable bonds is 3. The van der Waals surface area contributed by atoms with Crippen molar-refractivity contribution < 1.29 is 14.3 Å². The van der Waals surface area contributed by atoms with E-state index in [0.29, 0.717) is 6.54 Å². The molecule has 2 atom stereocenters. The highest BCUT2D eigenvalue weighted by Gasteiger charge is 2.37. The fourth-order valence-corrected chi connectivity index (χ4v) is 1.62. The molecule has 0 radical (unpaired) electrons. The molecule has 1 fully saturated rings. The number of carbonyl (C=O) groups excluding carboxylic acids is 2. The van der Waals surface area contributed by atoms with Gasteiger partial charge in [-0.2, -0.15) is 0 Å². The third-order valence-corrected chi connectivity index (χ3v) is 2.82. The number of esters is 1. The number of hydrogen-bond acceptors (Lipinski definition) is 4. The van der Waals surface area contributed by atoms with Crippen LogP contribution >= 0.6 is 12.4 Å². The average Bonchev–Trinajstić information content (AvgIpc) is 2.65. The minimum absolute atomic E-state index is 0. The van der Waals surface area contributed by atoms with Crippen LogP contribution in [0.2, 0.25) is 0 Å². The van der Waals surface area contributed by atoms with E-state index in [4.69, 9.17) is 0 Å². The lowest BCUT2D eigenvalue weighted by Gasteiger charge is -2.23. The van der Waals surface area contributed by atoms with Gasteiger partial charge in [0.2, 0.25) is 5.91 Å². The highest BCUT2D eigenvalue weighted by Crippen LogP contribution is 2.24. The summed E-state index contributed by atoms with van der Waals surface area (Å²) in [5.74, 6) is -0.511. The van der Waals surface area contributed by atoms with E-state index in [1.54, 1.807) is 6.92 Å². The second-order valence-corrected chi connectivity index (χ2v) is 4.21. The Hall–Kier alpha value is -0.810. The minimum atomic E-state index is -0.583. The average molecular weight is 251 g/mol. The summed E-state index contributed by atoms with van der Waals surface area (Å²) in [6.07, 6.45) is 0.798. The zero-order chi connectivity index (χ0) is 11.5. The van der Waals surface area contributed by atoms with Crippen LogP contribution in [0.3, 0.4) is 0 Å². The van der Waals surface area contributed by atoms with E-state index in [-0.39, 0.29) is 18.3 Å². The van der Waals surface area contributed by atoms with Crippen LogP contribution in [0.25, 0.3) is 0 Å². The first-order valence-corrected chi connectivity index (χ1v) is 5.09. The molecule has 1 unspecified atom stereocenters. The monoisotopic (exact) mass is 250 g/mol. The second-order valence-electron chi connectivity index (χ2n) is 4.21. The third-order valence-electron chi connectivity index (χ3n) is 2.82. The molecule has 1 aliphatic rings. The molecule has 1 amide bonds. The van der Waals surface area contributed by atoms with E-state index in [9.17, 15) is 9.59 Å². The molecule has 2 N–H and O–H groups in total. The summed E-state index contributed by atoms with van der Waals surface area (Å²) < 4.78 is 4.54. The zero-order valence-corrected chi connectivity index (χ0v) is 10.6. The van der Waals surface area contributed by atoms with Crippen LogP contribution in [0.4, 0.5) is 0 Å². The molecule has 0 aromatic rings. The highest BCUT2D eigenvalue weighted by atomic mass is 35.5. The maximum Gasteiger partial charge on any atom is 0.328 e. The van der Waals surface area contributed by atoms with Crippen molar-refractivity contribution in [2.75, 3.05) is 20.2 Å². The Bertz CT molecular complexity index is 265. The molecule has 0 aromatic heterocycles. The predicted octanol–water partition coefficient (Wildman–Crippen LogP) is 0.0855. The van der Waals surface area contributed by atoms with Crippen LogP contribution in [-0.4, -0.2) is 38.1 Å². The quantitative estimate of drug-likeness (QED) is 0.697. The SMILES string of the molecule is COC(=O)[C@H](C)NC(=O)C1(C)CCNC1.Cl. The lowest BCUT2D eigenvalue weighted by Crippen LogP contribution is -2.47. The fourth-order valence-electron chi connectivity index (χ4n) is 1.62. The summed E-state index contributed by atoms with van der Waals surface area (Å²) in [5, 5.41) is 5.79. The van der Waals surface area contributed by atoms with Gasteiger partial charge in [-0.05, 0) is 26.8 Å². The molecule has 5 nitrogen and oxygen atoms in total. The summed E-state index contributed by atoms with van der Waals surface area (Å²) >= 11 is 0. The van der Waals surface area contributed by atoms with Crippen molar-refractivity contribution in [2.24, 2.45) is 5.41 Å². The topological polar surface area (TPSA) is 67.4 Å². The predicted molar refractivity (Wildman–Crippen MR) is 62.5 cm³/mol. The van der Waals surface area contributed by atoms with Gasteiger partial charge in [0.25, 0.3) is 0 Å². The first kappa shape index (κ1) is 15.2. The van der Waals surface area contributed by atoms with Crippen molar-refractivity contribution in [1.82, 2.24) is 10.6 Å². The van der Waals surface area contributed by atoms with E-state index in [1.165, 1.54) is 7.11 Å². The lowest BCUT2D eigenvalue weighted by atomic mass is 9.88. The molecule has 1 rings (SSSR count). The van der Waals surface area contributed by atoms with E-state index in [1.807, 2.05) is 6.92 Å². The number of amides is 1. The first-order chi connectivity index (χ1) is 6.99. The van der Waals surface area contributed by atoms with Gasteiger partial charge < -0.3 is 15.4 Å². The van der Waals surface area contributed by atoms with Crippen molar-refractivity contribution >= 4 is 24.3 Å². The molecule has 6 heteroatoms. The Labute approximate surface area is 102 Å². The van der Waals surface area contributed by atoms with Gasteiger partial charge in [0.1, 0.15) is 6.04 Å². The Morgan fingerprint density at radius 2 is 2.12 bits per heavy atom. The molecule has 0 bridgehead atoms. The summed E-state index contributed by atoms with van der Waals surface area (Å²) in [6, 6.07) is -0.583. The normalized spacial score (nSPS) is 25.4. The van der Waals surface area contributed by atoms with Crippen LogP contribution < -0.4 is 10.6 Å². The largest absolute Gasteiger partial charge is 0.467 e. The van der Waals surface area contributed by atoms with Crippen LogP contribution in [0.15, 0.2) is 0 Å². The van der Waals surface area contributed by atoms with Crippen LogP contribution in [0.5, 0.6) is 0 Å². The Balaban J connectivity index is 0.00000225. The van der Waals surface area contributed by atoms with Crippen molar-refractivity contribution in [3.05, 3.63) is 0 Å². The van der Waals surface area contributed by atoms with Gasteiger partial charge in [-0.25, -0.2) is 4.79 Å². The molecule has 16 heavy (non-hydrogen) atoms. The number of halogens is 1. The summed E-state index contributed by atoms with van der Waals surface area (Å²) in [6.45, 7) is 5.02. The summed E-state index contributed by atoms with van der Waals surface area (Å²) in [4.78, 5) is 23.0. The Kier molecular flexibility index (Phi) is 5.75. The van der Waals surface area contributed by atoms with Gasteiger partial charge in [-0.3, -0.25) is 4.79 Å². The maximum atomic E-state index is 11.8. The van der Waals surface area contributed by atoms with E-state index in [2.05, 4.69) is 15.4 Å². The van der Waals surface area contributed by atoms with E-state index >= 15 is 0 Å². The molecule has 94 valence electrons. The molecule has 1 heterocycles. The van der Waals surface area contributed by atoms with Crippen molar-refractivity contribution in [1.29, 1.82) is 0 Å². The van der Waals surface area contributed by atoms with Crippen LogP contribution in [0.1, 0.15) is 20.3 Å². The summed E-state index contributed by atoms with van der Waals surface area (Å²) in [7, 11) is 1.31. The fraction of sp³-hybridized carbons (Fsp3) is 0.800. The number of ether oxygens (including phenoxy) is 1. The maximum absolute atomic E-state index is 11.8. The standard InChI is InChI=1S/C10H18N2O3.ClH/c1-7(8(13)15-3)12-9(14)10(2)4-5-11-6-10;/h7,11H,4-6H2,1-3H3,(H,12,14);1H/t7-,10?;/m0./s1. The minimum Gasteiger partial charge on any atom is -0.467 e. The third kappa shape index (κ3) is 3.35. The van der Waals surface area contributed by atoms with Crippen molar-refractivity contribution in [3.8, 4) is 0 Å². The molecule has 1 aliphatic heterocycles. The molecule has 0 spiro atoms. The van der Waals surface area contributed by atoms with Gasteiger partial charge in [0, 0.05) is 6.54 Å². The Morgan fingerprint density at radius 1 is 1.50 bits per heavy atom. The molecule has 0 saturated carbocycles. The van der Waals surface area contributed by atoms with Crippen LogP contribution in [-0.2, 0) is 14.3 Å². The zero-order valence-electron chi connectivity index (χ0n) is 9.83. The lowest BCUT2D eigenvalue weighted by molar-refractivity contribution is -0.145. The number of nitrogens with one attached hydrogen (secondary N) is 2. The molecular formula is C10H19ClN2O3. The Morgan fingerprint density at radius 3 is 2.56 bits per heavy atom. The smallest absolute Gasteiger partial charge is 0.328 e. The van der Waals surface area contributed by atoms with Crippen molar-refractivity contribution in [3.63, 3.8) is 0 Å². The second kappa shape index (κ2) is 6.06. The number of carbonyl (C=O) groups is 2. The number of methoxy groups -OCH3 is 1. The molecule has 0 aromatic carbocycles. The van der Waals surface area contributed by atoms with Gasteiger partial charge in [0.05, 0.1) is 12.5 Å². The number of hydrogen-bond donors (Lipinski definition) is 2. The van der Waals surface area contributed by atoms with E-state index < -0.39 is 17.4 Å². The van der Waals surface area contributed by atoms with E-state index in [0.717, 1.165) is 13.0 Å². The van der Waals surface area contributed by atoms with Gasteiger partial charge in [0.15, 0.2) is 0 Å². The summed E-state index contributed by atoms with van der Waals surface area (Å²) in [5.41, 5.74) is -0.401.